The molecule has 0 aromatic heterocycles. The van der Waals surface area contributed by atoms with Gasteiger partial charge in [-0.25, -0.2) is 0 Å². The summed E-state index contributed by atoms with van der Waals surface area (Å²) in [4.78, 5) is 11.7. The van der Waals surface area contributed by atoms with Crippen LogP contribution in [-0.4, -0.2) is 32.2 Å². The Balaban J connectivity index is 1.93. The van der Waals surface area contributed by atoms with Crippen LogP contribution in [0, 0.1) is 0 Å². The van der Waals surface area contributed by atoms with Gasteiger partial charge in [-0.1, -0.05) is 0 Å². The summed E-state index contributed by atoms with van der Waals surface area (Å²) in [5.74, 6) is 1.26. The van der Waals surface area contributed by atoms with Crippen molar-refractivity contribution in [2.75, 3.05) is 25.6 Å². The van der Waals surface area contributed by atoms with Crippen molar-refractivity contribution >= 4 is 11.6 Å². The highest BCUT2D eigenvalue weighted by Crippen LogP contribution is 2.30. The fourth-order valence-corrected chi connectivity index (χ4v) is 1.75. The number of ether oxygens (including phenoxy) is 2. The van der Waals surface area contributed by atoms with Crippen LogP contribution in [0.2, 0.25) is 0 Å². The molecule has 19 heavy (non-hydrogen) atoms. The van der Waals surface area contributed by atoms with E-state index in [2.05, 4.69) is 10.6 Å². The lowest BCUT2D eigenvalue weighted by Crippen LogP contribution is -2.29. The molecule has 0 spiro atoms. The largest absolute Gasteiger partial charge is 0.493 e. The van der Waals surface area contributed by atoms with E-state index >= 15 is 0 Å². The molecule has 0 saturated heterocycles. The maximum Gasteiger partial charge on any atom is 0.238 e. The van der Waals surface area contributed by atoms with E-state index < -0.39 is 0 Å². The van der Waals surface area contributed by atoms with Crippen molar-refractivity contribution in [3.05, 3.63) is 18.2 Å². The van der Waals surface area contributed by atoms with Crippen LogP contribution in [0.3, 0.4) is 0 Å². The molecule has 2 rings (SSSR count). The minimum absolute atomic E-state index is 0.0434. The molecule has 0 bridgehead atoms. The summed E-state index contributed by atoms with van der Waals surface area (Å²) >= 11 is 0. The maximum atomic E-state index is 11.7. The third-order valence-electron chi connectivity index (χ3n) is 2.88. The van der Waals surface area contributed by atoms with Crippen LogP contribution in [0.5, 0.6) is 11.5 Å². The third-order valence-corrected chi connectivity index (χ3v) is 2.88. The van der Waals surface area contributed by atoms with Gasteiger partial charge in [0.15, 0.2) is 11.5 Å². The highest BCUT2D eigenvalue weighted by molar-refractivity contribution is 5.92. The van der Waals surface area contributed by atoms with Crippen molar-refractivity contribution in [2.45, 2.75) is 25.8 Å². The Kier molecular flexibility index (Phi) is 4.63. The number of hydrogen-bond acceptors (Lipinski definition) is 4. The van der Waals surface area contributed by atoms with Gasteiger partial charge in [0.25, 0.3) is 0 Å². The van der Waals surface area contributed by atoms with Gasteiger partial charge in [0.05, 0.1) is 20.3 Å². The topological polar surface area (TPSA) is 59.6 Å². The summed E-state index contributed by atoms with van der Waals surface area (Å²) in [6.07, 6.45) is 2.34. The SMILES string of the molecule is CCOc1ccc(NC(=O)CNC2CC2)cc1OC. The standard InChI is InChI=1S/C14H20N2O3/c1-3-19-12-7-6-11(8-13(12)18-2)16-14(17)9-15-10-4-5-10/h6-8,10,15H,3-5,9H2,1-2H3,(H,16,17). The van der Waals surface area contributed by atoms with E-state index in [9.17, 15) is 4.79 Å². The molecule has 1 aliphatic rings. The second-order valence-electron chi connectivity index (χ2n) is 4.50. The van der Waals surface area contributed by atoms with Crippen molar-refractivity contribution < 1.29 is 14.3 Å². The zero-order chi connectivity index (χ0) is 13.7. The highest BCUT2D eigenvalue weighted by Gasteiger charge is 2.21. The van der Waals surface area contributed by atoms with Gasteiger partial charge in [0, 0.05) is 17.8 Å². The van der Waals surface area contributed by atoms with Crippen LogP contribution < -0.4 is 20.1 Å². The van der Waals surface area contributed by atoms with E-state index in [0.717, 1.165) is 0 Å². The first kappa shape index (κ1) is 13.7. The van der Waals surface area contributed by atoms with Crippen LogP contribution in [-0.2, 0) is 4.79 Å². The van der Waals surface area contributed by atoms with Gasteiger partial charge in [0.2, 0.25) is 5.91 Å². The van der Waals surface area contributed by atoms with Gasteiger partial charge in [-0.2, -0.15) is 0 Å². The molecule has 5 nitrogen and oxygen atoms in total. The van der Waals surface area contributed by atoms with E-state index in [0.29, 0.717) is 36.4 Å². The number of carbonyl (C=O) groups is 1. The van der Waals surface area contributed by atoms with Crippen LogP contribution in [0.15, 0.2) is 18.2 Å². The van der Waals surface area contributed by atoms with Crippen molar-refractivity contribution in [3.63, 3.8) is 0 Å². The van der Waals surface area contributed by atoms with Crippen molar-refractivity contribution in [1.82, 2.24) is 5.32 Å². The zero-order valence-corrected chi connectivity index (χ0v) is 11.4. The molecule has 1 aromatic carbocycles. The first-order valence-electron chi connectivity index (χ1n) is 6.57. The number of amides is 1. The fourth-order valence-electron chi connectivity index (χ4n) is 1.75. The lowest BCUT2D eigenvalue weighted by Gasteiger charge is -2.12. The van der Waals surface area contributed by atoms with Gasteiger partial charge in [0.1, 0.15) is 0 Å². The number of methoxy groups -OCH3 is 1. The van der Waals surface area contributed by atoms with Crippen LogP contribution in [0.25, 0.3) is 0 Å². The molecular weight excluding hydrogens is 244 g/mol. The van der Waals surface area contributed by atoms with Crippen LogP contribution in [0.4, 0.5) is 5.69 Å². The second-order valence-corrected chi connectivity index (χ2v) is 4.50. The molecule has 1 aliphatic carbocycles. The number of anilines is 1. The molecule has 0 atom stereocenters. The molecule has 0 heterocycles. The fraction of sp³-hybridized carbons (Fsp3) is 0.500. The second kappa shape index (κ2) is 6.43. The summed E-state index contributed by atoms with van der Waals surface area (Å²) in [5.41, 5.74) is 0.711. The van der Waals surface area contributed by atoms with Crippen LogP contribution >= 0.6 is 0 Å². The number of rotatable bonds is 7. The molecule has 1 saturated carbocycles. The Labute approximate surface area is 113 Å². The van der Waals surface area contributed by atoms with Crippen molar-refractivity contribution in [3.8, 4) is 11.5 Å². The lowest BCUT2D eigenvalue weighted by molar-refractivity contribution is -0.115. The summed E-state index contributed by atoms with van der Waals surface area (Å²) < 4.78 is 10.7. The quantitative estimate of drug-likeness (QED) is 0.788. The predicted octanol–water partition coefficient (Wildman–Crippen LogP) is 1.78. The van der Waals surface area contributed by atoms with E-state index in [-0.39, 0.29) is 5.91 Å². The Morgan fingerprint density at radius 2 is 2.16 bits per heavy atom. The number of benzene rings is 1. The molecule has 5 heteroatoms. The predicted molar refractivity (Wildman–Crippen MR) is 73.8 cm³/mol. The summed E-state index contributed by atoms with van der Waals surface area (Å²) in [7, 11) is 1.58. The Morgan fingerprint density at radius 3 is 2.79 bits per heavy atom. The lowest BCUT2D eigenvalue weighted by atomic mass is 10.2. The summed E-state index contributed by atoms with van der Waals surface area (Å²) in [5, 5.41) is 6.00. The van der Waals surface area contributed by atoms with Crippen LogP contribution in [0.1, 0.15) is 19.8 Å². The molecule has 2 N–H and O–H groups in total. The van der Waals surface area contributed by atoms with Gasteiger partial charge >= 0.3 is 0 Å². The van der Waals surface area contributed by atoms with E-state index in [4.69, 9.17) is 9.47 Å². The first-order valence-corrected chi connectivity index (χ1v) is 6.57. The van der Waals surface area contributed by atoms with Gasteiger partial charge in [-0.05, 0) is 31.9 Å². The third kappa shape index (κ3) is 4.13. The minimum atomic E-state index is -0.0434. The Bertz CT molecular complexity index is 444. The average Bonchev–Trinajstić information content (AvgIpc) is 3.22. The van der Waals surface area contributed by atoms with E-state index in [1.54, 1.807) is 19.2 Å². The molecule has 0 aliphatic heterocycles. The number of nitrogens with one attached hydrogen (secondary N) is 2. The zero-order valence-electron chi connectivity index (χ0n) is 11.4. The number of hydrogen-bond donors (Lipinski definition) is 2. The van der Waals surface area contributed by atoms with Crippen molar-refractivity contribution in [2.24, 2.45) is 0 Å². The monoisotopic (exact) mass is 264 g/mol. The van der Waals surface area contributed by atoms with E-state index in [1.807, 2.05) is 13.0 Å². The summed E-state index contributed by atoms with van der Waals surface area (Å²) in [6.45, 7) is 2.84. The van der Waals surface area contributed by atoms with Gasteiger partial charge < -0.3 is 20.1 Å². The first-order chi connectivity index (χ1) is 9.22. The molecular formula is C14H20N2O3. The molecule has 1 amide bonds. The summed E-state index contributed by atoms with van der Waals surface area (Å²) in [6, 6.07) is 5.90. The average molecular weight is 264 g/mol. The Morgan fingerprint density at radius 1 is 1.37 bits per heavy atom. The maximum absolute atomic E-state index is 11.7. The van der Waals surface area contributed by atoms with Gasteiger partial charge in [-0.3, -0.25) is 4.79 Å². The molecule has 0 unspecified atom stereocenters. The molecule has 1 fully saturated rings. The van der Waals surface area contributed by atoms with Gasteiger partial charge in [-0.15, -0.1) is 0 Å². The molecule has 1 aromatic rings. The number of carbonyl (C=O) groups excluding carboxylic acids is 1. The molecule has 104 valence electrons. The smallest absolute Gasteiger partial charge is 0.238 e. The van der Waals surface area contributed by atoms with Crippen molar-refractivity contribution in [1.29, 1.82) is 0 Å². The minimum Gasteiger partial charge on any atom is -0.493 e. The van der Waals surface area contributed by atoms with E-state index in [1.165, 1.54) is 12.8 Å². The molecule has 0 radical (unpaired) electrons. The Hall–Kier alpha value is -1.75. The normalized spacial score (nSPS) is 14.0. The highest BCUT2D eigenvalue weighted by atomic mass is 16.5.